The molecule has 5 aliphatic rings. The van der Waals surface area contributed by atoms with Crippen molar-refractivity contribution in [2.45, 2.75) is 75.6 Å². The third-order valence-corrected chi connectivity index (χ3v) is 9.68. The van der Waals surface area contributed by atoms with Crippen molar-refractivity contribution in [1.82, 2.24) is 4.90 Å². The molecule has 2 aromatic rings. The number of Topliss-reactive ketones (excluding diaryl/α,β-unsaturated/α-hetero) is 1. The third-order valence-electron chi connectivity index (χ3n) is 9.68. The minimum atomic E-state index is -1.73. The van der Waals surface area contributed by atoms with Crippen molar-refractivity contribution in [3.63, 3.8) is 0 Å². The van der Waals surface area contributed by atoms with E-state index < -0.39 is 83.4 Å². The van der Waals surface area contributed by atoms with Gasteiger partial charge in [-0.3, -0.25) is 19.3 Å². The summed E-state index contributed by atoms with van der Waals surface area (Å²) in [7, 11) is 2.89. The summed E-state index contributed by atoms with van der Waals surface area (Å²) < 4.78 is 41.5. The Hall–Kier alpha value is -3.47. The Morgan fingerprint density at radius 2 is 1.85 bits per heavy atom. The number of ether oxygens (including phenoxy) is 7. The van der Waals surface area contributed by atoms with E-state index in [9.17, 15) is 29.7 Å². The Morgan fingerprint density at radius 3 is 2.57 bits per heavy atom. The van der Waals surface area contributed by atoms with E-state index in [1.807, 2.05) is 6.92 Å². The number of aliphatic hydroxyl groups is 1. The highest BCUT2D eigenvalue weighted by Gasteiger charge is 2.55. The molecule has 4 heterocycles. The smallest absolute Gasteiger partial charge is 0.202 e. The Morgan fingerprint density at radius 1 is 1.09 bits per heavy atom. The summed E-state index contributed by atoms with van der Waals surface area (Å²) in [6, 6.07) is 4.32. The number of ketones is 3. The van der Waals surface area contributed by atoms with Crippen molar-refractivity contribution < 1.29 is 62.9 Å². The van der Waals surface area contributed by atoms with Gasteiger partial charge in [-0.25, -0.2) is 0 Å². The highest BCUT2D eigenvalue weighted by Crippen LogP contribution is 2.52. The number of aliphatic hydroxyl groups excluding tert-OH is 1. The molecular weight excluding hydrogens is 606 g/mol. The van der Waals surface area contributed by atoms with Gasteiger partial charge in [0.05, 0.1) is 42.1 Å². The van der Waals surface area contributed by atoms with Crippen molar-refractivity contribution in [2.75, 3.05) is 34.0 Å². The van der Waals surface area contributed by atoms with Crippen LogP contribution in [0.15, 0.2) is 18.2 Å². The van der Waals surface area contributed by atoms with Crippen LogP contribution in [0.2, 0.25) is 0 Å². The van der Waals surface area contributed by atoms with Gasteiger partial charge in [-0.15, -0.1) is 0 Å². The van der Waals surface area contributed by atoms with Gasteiger partial charge in [0.25, 0.3) is 0 Å². The lowest BCUT2D eigenvalue weighted by Crippen LogP contribution is -2.55. The van der Waals surface area contributed by atoms with Crippen molar-refractivity contribution >= 4 is 17.3 Å². The van der Waals surface area contributed by atoms with E-state index in [1.165, 1.54) is 32.2 Å². The molecule has 0 unspecified atom stereocenters. The third kappa shape index (κ3) is 4.51. The number of rotatable bonds is 6. The van der Waals surface area contributed by atoms with Gasteiger partial charge in [-0.1, -0.05) is 12.1 Å². The van der Waals surface area contributed by atoms with Crippen molar-refractivity contribution in [3.05, 3.63) is 51.6 Å². The number of benzene rings is 2. The molecule has 8 atom stereocenters. The number of phenols is 2. The highest BCUT2D eigenvalue weighted by molar-refractivity contribution is 6.31. The van der Waals surface area contributed by atoms with E-state index in [0.717, 1.165) is 0 Å². The van der Waals surface area contributed by atoms with Crippen LogP contribution in [-0.4, -0.2) is 114 Å². The number of morpholine rings is 1. The Balaban J connectivity index is 1.30. The van der Waals surface area contributed by atoms with E-state index in [4.69, 9.17) is 33.2 Å². The van der Waals surface area contributed by atoms with Crippen molar-refractivity contribution in [3.8, 4) is 17.2 Å². The minimum absolute atomic E-state index is 0.00406. The van der Waals surface area contributed by atoms with Crippen LogP contribution in [0.5, 0.6) is 17.2 Å². The van der Waals surface area contributed by atoms with Gasteiger partial charge in [0.15, 0.2) is 36.7 Å². The minimum Gasteiger partial charge on any atom is -0.507 e. The number of carbonyl (C=O) groups excluding carboxylic acids is 3. The van der Waals surface area contributed by atoms with Crippen LogP contribution in [-0.2, 0) is 39.6 Å². The van der Waals surface area contributed by atoms with Crippen LogP contribution in [0.3, 0.4) is 0 Å². The molecule has 3 N–H and O–H groups in total. The molecule has 4 aliphatic heterocycles. The van der Waals surface area contributed by atoms with Gasteiger partial charge in [0.1, 0.15) is 35.6 Å². The number of phenolic OH excluding ortho intramolecular Hbond substituents is 2. The standard InChI is InChI=1S/C32H35NO13/c1-13-28-16(33-8-9-42-31(41-4)29(33)45-28)10-19(43-13)44-30-21-15(11-32(2,46-30)18(35)12-34)25(37)22-23(27(21)39)26(38)20-14(24(22)36)6-5-7-17(20)40-3/h5-7,13,16,19,28-31,34,37,39H,8-12H2,1-4H3/t13-,16-,19-,28+,29+,30-,31-,32+/m0/s1. The molecule has 2 aromatic carbocycles. The lowest BCUT2D eigenvalue weighted by molar-refractivity contribution is -0.308. The summed E-state index contributed by atoms with van der Waals surface area (Å²) >= 11 is 0. The second kappa shape index (κ2) is 11.3. The predicted octanol–water partition coefficient (Wildman–Crippen LogP) is 1.32. The normalized spacial score (nSPS) is 33.5. The quantitative estimate of drug-likeness (QED) is 0.328. The second-order valence-electron chi connectivity index (χ2n) is 12.2. The van der Waals surface area contributed by atoms with E-state index in [2.05, 4.69) is 4.90 Å². The Bertz CT molecular complexity index is 1630. The topological polar surface area (TPSA) is 180 Å². The molecule has 0 spiro atoms. The molecule has 7 rings (SSSR count). The molecular formula is C32H35NO13. The Labute approximate surface area is 263 Å². The van der Waals surface area contributed by atoms with Crippen LogP contribution in [0, 0.1) is 0 Å². The first-order valence-corrected chi connectivity index (χ1v) is 15.1. The number of methoxy groups -OCH3 is 2. The number of aromatic hydroxyl groups is 2. The zero-order chi connectivity index (χ0) is 32.7. The van der Waals surface area contributed by atoms with Gasteiger partial charge in [-0.2, -0.15) is 0 Å². The summed E-state index contributed by atoms with van der Waals surface area (Å²) in [5.41, 5.74) is -2.77. The first-order valence-electron chi connectivity index (χ1n) is 15.1. The van der Waals surface area contributed by atoms with Gasteiger partial charge in [0, 0.05) is 43.7 Å². The zero-order valence-electron chi connectivity index (χ0n) is 25.7. The first kappa shape index (κ1) is 31.1. The summed E-state index contributed by atoms with van der Waals surface area (Å²) in [4.78, 5) is 42.7. The van der Waals surface area contributed by atoms with Gasteiger partial charge >= 0.3 is 0 Å². The number of fused-ring (bicyclic) bond motifs is 6. The molecule has 0 radical (unpaired) electrons. The molecule has 3 saturated heterocycles. The molecule has 3 fully saturated rings. The molecule has 46 heavy (non-hydrogen) atoms. The maximum absolute atomic E-state index is 13.9. The van der Waals surface area contributed by atoms with E-state index in [1.54, 1.807) is 7.11 Å². The average Bonchev–Trinajstić information content (AvgIpc) is 3.43. The molecule has 0 amide bonds. The van der Waals surface area contributed by atoms with Crippen molar-refractivity contribution in [2.24, 2.45) is 0 Å². The maximum Gasteiger partial charge on any atom is 0.202 e. The fraction of sp³-hybridized carbons (Fsp3) is 0.531. The van der Waals surface area contributed by atoms with Gasteiger partial charge in [0.2, 0.25) is 5.78 Å². The highest BCUT2D eigenvalue weighted by atomic mass is 16.8. The fourth-order valence-electron chi connectivity index (χ4n) is 7.40. The van der Waals surface area contributed by atoms with Crippen LogP contribution < -0.4 is 4.74 Å². The van der Waals surface area contributed by atoms with Crippen LogP contribution in [0.4, 0.5) is 0 Å². The summed E-state index contributed by atoms with van der Waals surface area (Å²) in [6.07, 6.45) is -4.36. The van der Waals surface area contributed by atoms with E-state index >= 15 is 0 Å². The first-order chi connectivity index (χ1) is 22.0. The van der Waals surface area contributed by atoms with Crippen LogP contribution >= 0.6 is 0 Å². The molecule has 0 bridgehead atoms. The lowest BCUT2D eigenvalue weighted by Gasteiger charge is -2.43. The Kier molecular flexibility index (Phi) is 7.68. The molecule has 0 aromatic heterocycles. The number of carbonyl (C=O) groups is 3. The molecule has 0 saturated carbocycles. The predicted molar refractivity (Wildman–Crippen MR) is 154 cm³/mol. The van der Waals surface area contributed by atoms with Gasteiger partial charge < -0.3 is 48.5 Å². The maximum atomic E-state index is 13.9. The number of nitrogens with zero attached hydrogens (tertiary/aromatic N) is 1. The molecule has 14 heteroatoms. The monoisotopic (exact) mass is 641 g/mol. The fourth-order valence-corrected chi connectivity index (χ4v) is 7.40. The molecule has 1 aliphatic carbocycles. The van der Waals surface area contributed by atoms with E-state index in [0.29, 0.717) is 19.6 Å². The summed E-state index contributed by atoms with van der Waals surface area (Å²) in [6.45, 7) is 3.39. The number of hydrogen-bond acceptors (Lipinski definition) is 14. The zero-order valence-corrected chi connectivity index (χ0v) is 25.7. The molecule has 14 nitrogen and oxygen atoms in total. The average molecular weight is 642 g/mol. The van der Waals surface area contributed by atoms with Gasteiger partial charge in [-0.05, 0) is 19.9 Å². The summed E-state index contributed by atoms with van der Waals surface area (Å²) in [5.74, 6) is -3.26. The lowest BCUT2D eigenvalue weighted by atomic mass is 9.77. The van der Waals surface area contributed by atoms with Crippen molar-refractivity contribution in [1.29, 1.82) is 0 Å². The number of hydrogen-bond donors (Lipinski definition) is 3. The van der Waals surface area contributed by atoms with E-state index in [-0.39, 0.29) is 46.6 Å². The largest absolute Gasteiger partial charge is 0.507 e. The SMILES string of the molecule is COc1cccc2c1C(=O)c1c(O)c3c(c(O)c1C2=O)C[C@](C)(C(=O)CO)O[C@@H]3O[C@H]1C[C@H]2[C@H](O[C@@H]3[C@@H](OC)OCCN32)[C@H](C)O1. The second-order valence-corrected chi connectivity index (χ2v) is 12.2. The molecule has 246 valence electrons. The van der Waals surface area contributed by atoms with Crippen LogP contribution in [0.1, 0.15) is 69.5 Å². The summed E-state index contributed by atoms with van der Waals surface area (Å²) in [5, 5.41) is 33.2. The van der Waals surface area contributed by atoms with Crippen LogP contribution in [0.25, 0.3) is 0 Å².